The summed E-state index contributed by atoms with van der Waals surface area (Å²) in [6.07, 6.45) is 4.26. The van der Waals surface area contributed by atoms with Crippen molar-refractivity contribution < 1.29 is 9.59 Å². The molecule has 0 radical (unpaired) electrons. The molecule has 0 bridgehead atoms. The monoisotopic (exact) mass is 242 g/mol. The Kier molecular flexibility index (Phi) is 9.49. The van der Waals surface area contributed by atoms with E-state index < -0.39 is 0 Å². The standard InChI is InChI=1S/C13H26N2O2/c1-4-7-8-12(16)14-9-10-15-13(17)11(5-2)6-3/h11H,4-10H2,1-3H3,(H,14,16)(H,15,17). The third-order valence-corrected chi connectivity index (χ3v) is 2.86. The Balaban J connectivity index is 3.57. The summed E-state index contributed by atoms with van der Waals surface area (Å²) in [7, 11) is 0. The van der Waals surface area contributed by atoms with Crippen LogP contribution in [0.5, 0.6) is 0 Å². The summed E-state index contributed by atoms with van der Waals surface area (Å²) in [5.74, 6) is 0.271. The highest BCUT2D eigenvalue weighted by atomic mass is 16.2. The maximum atomic E-state index is 11.6. The minimum Gasteiger partial charge on any atom is -0.354 e. The zero-order valence-corrected chi connectivity index (χ0v) is 11.3. The van der Waals surface area contributed by atoms with Gasteiger partial charge in [-0.25, -0.2) is 0 Å². The molecule has 0 aromatic carbocycles. The minimum absolute atomic E-state index is 0.0728. The smallest absolute Gasteiger partial charge is 0.223 e. The van der Waals surface area contributed by atoms with Gasteiger partial charge in [0.15, 0.2) is 0 Å². The molecule has 0 aliphatic heterocycles. The average molecular weight is 242 g/mol. The van der Waals surface area contributed by atoms with Crippen molar-refractivity contribution in [2.24, 2.45) is 5.92 Å². The van der Waals surface area contributed by atoms with E-state index in [2.05, 4.69) is 17.6 Å². The van der Waals surface area contributed by atoms with Crippen LogP contribution in [-0.2, 0) is 9.59 Å². The van der Waals surface area contributed by atoms with E-state index in [9.17, 15) is 9.59 Å². The topological polar surface area (TPSA) is 58.2 Å². The highest BCUT2D eigenvalue weighted by Crippen LogP contribution is 2.06. The Morgan fingerprint density at radius 3 is 2.12 bits per heavy atom. The molecule has 4 heteroatoms. The van der Waals surface area contributed by atoms with Gasteiger partial charge >= 0.3 is 0 Å². The molecule has 0 spiro atoms. The SMILES string of the molecule is CCCCC(=O)NCCNC(=O)C(CC)CC. The fourth-order valence-corrected chi connectivity index (χ4v) is 1.62. The van der Waals surface area contributed by atoms with E-state index in [1.807, 2.05) is 13.8 Å². The molecule has 100 valence electrons. The molecule has 2 N–H and O–H groups in total. The third-order valence-electron chi connectivity index (χ3n) is 2.86. The number of nitrogens with one attached hydrogen (secondary N) is 2. The van der Waals surface area contributed by atoms with Crippen LogP contribution in [0.1, 0.15) is 52.9 Å². The van der Waals surface area contributed by atoms with Gasteiger partial charge in [-0.2, -0.15) is 0 Å². The van der Waals surface area contributed by atoms with Gasteiger partial charge in [-0.15, -0.1) is 0 Å². The fraction of sp³-hybridized carbons (Fsp3) is 0.846. The molecular formula is C13H26N2O2. The van der Waals surface area contributed by atoms with Gasteiger partial charge in [0.05, 0.1) is 0 Å². The van der Waals surface area contributed by atoms with Crippen LogP contribution in [0.25, 0.3) is 0 Å². The van der Waals surface area contributed by atoms with Gasteiger partial charge in [0, 0.05) is 25.4 Å². The molecule has 0 saturated carbocycles. The first kappa shape index (κ1) is 15.9. The van der Waals surface area contributed by atoms with Crippen LogP contribution in [0.4, 0.5) is 0 Å². The maximum Gasteiger partial charge on any atom is 0.223 e. The molecule has 0 aromatic heterocycles. The number of carbonyl (C=O) groups is 2. The van der Waals surface area contributed by atoms with Gasteiger partial charge in [0.2, 0.25) is 11.8 Å². The highest BCUT2D eigenvalue weighted by molar-refractivity contribution is 5.78. The minimum atomic E-state index is 0.0728. The highest BCUT2D eigenvalue weighted by Gasteiger charge is 2.12. The molecule has 0 heterocycles. The molecular weight excluding hydrogens is 216 g/mol. The Bertz CT molecular complexity index is 225. The largest absolute Gasteiger partial charge is 0.354 e. The summed E-state index contributed by atoms with van der Waals surface area (Å²) in [5, 5.41) is 5.64. The second kappa shape index (κ2) is 10.1. The summed E-state index contributed by atoms with van der Waals surface area (Å²) in [4.78, 5) is 22.9. The van der Waals surface area contributed by atoms with Crippen molar-refractivity contribution in [2.75, 3.05) is 13.1 Å². The quantitative estimate of drug-likeness (QED) is 0.606. The van der Waals surface area contributed by atoms with E-state index in [4.69, 9.17) is 0 Å². The molecule has 0 atom stereocenters. The second-order valence-corrected chi connectivity index (χ2v) is 4.26. The van der Waals surface area contributed by atoms with Crippen molar-refractivity contribution >= 4 is 11.8 Å². The molecule has 0 unspecified atom stereocenters. The van der Waals surface area contributed by atoms with Gasteiger partial charge < -0.3 is 10.6 Å². The Morgan fingerprint density at radius 2 is 1.59 bits per heavy atom. The van der Waals surface area contributed by atoms with Crippen LogP contribution >= 0.6 is 0 Å². The summed E-state index contributed by atoms with van der Waals surface area (Å²) in [5.41, 5.74) is 0. The average Bonchev–Trinajstić information content (AvgIpc) is 2.33. The summed E-state index contributed by atoms with van der Waals surface area (Å²) in [6, 6.07) is 0. The normalized spacial score (nSPS) is 10.4. The Morgan fingerprint density at radius 1 is 1.00 bits per heavy atom. The van der Waals surface area contributed by atoms with Gasteiger partial charge in [0.1, 0.15) is 0 Å². The number of amides is 2. The predicted octanol–water partition coefficient (Wildman–Crippen LogP) is 1.85. The second-order valence-electron chi connectivity index (χ2n) is 4.26. The fourth-order valence-electron chi connectivity index (χ4n) is 1.62. The lowest BCUT2D eigenvalue weighted by atomic mass is 10.0. The zero-order chi connectivity index (χ0) is 13.1. The van der Waals surface area contributed by atoms with Crippen molar-refractivity contribution in [3.05, 3.63) is 0 Å². The van der Waals surface area contributed by atoms with Crippen LogP contribution < -0.4 is 10.6 Å². The number of carbonyl (C=O) groups excluding carboxylic acids is 2. The van der Waals surface area contributed by atoms with Gasteiger partial charge in [-0.1, -0.05) is 27.2 Å². The van der Waals surface area contributed by atoms with E-state index >= 15 is 0 Å². The Labute approximate surface area is 105 Å². The molecule has 0 saturated heterocycles. The van der Waals surface area contributed by atoms with Crippen LogP contribution in [0.15, 0.2) is 0 Å². The van der Waals surface area contributed by atoms with Crippen LogP contribution in [0, 0.1) is 5.92 Å². The molecule has 4 nitrogen and oxygen atoms in total. The van der Waals surface area contributed by atoms with Crippen molar-refractivity contribution in [1.82, 2.24) is 10.6 Å². The molecule has 0 aliphatic carbocycles. The van der Waals surface area contributed by atoms with Crippen LogP contribution in [0.3, 0.4) is 0 Å². The molecule has 0 fully saturated rings. The molecule has 0 rings (SSSR count). The van der Waals surface area contributed by atoms with Crippen LogP contribution in [0.2, 0.25) is 0 Å². The van der Waals surface area contributed by atoms with Gasteiger partial charge in [0.25, 0.3) is 0 Å². The summed E-state index contributed by atoms with van der Waals surface area (Å²) in [6.45, 7) is 7.13. The lowest BCUT2D eigenvalue weighted by Gasteiger charge is -2.12. The van der Waals surface area contributed by atoms with Crippen LogP contribution in [-0.4, -0.2) is 24.9 Å². The maximum absolute atomic E-state index is 11.6. The number of hydrogen-bond donors (Lipinski definition) is 2. The summed E-state index contributed by atoms with van der Waals surface area (Å²) < 4.78 is 0. The van der Waals surface area contributed by atoms with Gasteiger partial charge in [-0.3, -0.25) is 9.59 Å². The number of rotatable bonds is 9. The zero-order valence-electron chi connectivity index (χ0n) is 11.3. The van der Waals surface area contributed by atoms with E-state index in [0.717, 1.165) is 25.7 Å². The van der Waals surface area contributed by atoms with Crippen molar-refractivity contribution in [3.8, 4) is 0 Å². The lowest BCUT2D eigenvalue weighted by molar-refractivity contribution is -0.125. The van der Waals surface area contributed by atoms with E-state index in [1.165, 1.54) is 0 Å². The van der Waals surface area contributed by atoms with E-state index in [1.54, 1.807) is 0 Å². The number of hydrogen-bond acceptors (Lipinski definition) is 2. The molecule has 2 amide bonds. The first-order valence-corrected chi connectivity index (χ1v) is 6.70. The number of unbranched alkanes of at least 4 members (excludes halogenated alkanes) is 1. The lowest BCUT2D eigenvalue weighted by Crippen LogP contribution is -2.37. The predicted molar refractivity (Wildman–Crippen MR) is 69.6 cm³/mol. The van der Waals surface area contributed by atoms with Gasteiger partial charge in [-0.05, 0) is 19.3 Å². The first-order chi connectivity index (χ1) is 8.15. The van der Waals surface area contributed by atoms with Crippen molar-refractivity contribution in [1.29, 1.82) is 0 Å². The van der Waals surface area contributed by atoms with Crippen molar-refractivity contribution in [2.45, 2.75) is 52.9 Å². The molecule has 0 aliphatic rings. The summed E-state index contributed by atoms with van der Waals surface area (Å²) >= 11 is 0. The third kappa shape index (κ3) is 7.77. The molecule has 17 heavy (non-hydrogen) atoms. The first-order valence-electron chi connectivity index (χ1n) is 6.70. The van der Waals surface area contributed by atoms with E-state index in [0.29, 0.717) is 19.5 Å². The molecule has 0 aromatic rings. The van der Waals surface area contributed by atoms with Crippen molar-refractivity contribution in [3.63, 3.8) is 0 Å². The van der Waals surface area contributed by atoms with E-state index in [-0.39, 0.29) is 17.7 Å². The Hall–Kier alpha value is -1.06.